The highest BCUT2D eigenvalue weighted by Crippen LogP contribution is 2.24. The zero-order valence-corrected chi connectivity index (χ0v) is 9.01. The fraction of sp³-hybridized carbons (Fsp3) is 0.636. The molecule has 2 saturated heterocycles. The Hall–Kier alpha value is -1.16. The van der Waals surface area contributed by atoms with Crippen molar-refractivity contribution in [2.24, 2.45) is 0 Å². The molecule has 0 aromatic heterocycles. The van der Waals surface area contributed by atoms with Crippen LogP contribution in [-0.2, 0) is 9.59 Å². The highest BCUT2D eigenvalue weighted by molar-refractivity contribution is 6.13. The number of nitrogens with zero attached hydrogens (tertiary/aromatic N) is 1. The minimum absolute atomic E-state index is 0.153. The molecule has 0 atom stereocenters. The Balaban J connectivity index is 2.17. The molecule has 0 saturated carbocycles. The zero-order chi connectivity index (χ0) is 10.8. The first kappa shape index (κ1) is 10.4. The maximum absolute atomic E-state index is 11.5. The Bertz CT molecular complexity index is 333. The predicted molar refractivity (Wildman–Crippen MR) is 56.1 cm³/mol. The van der Waals surface area contributed by atoms with Gasteiger partial charge in [0.05, 0.1) is 6.42 Å². The van der Waals surface area contributed by atoms with Gasteiger partial charge < -0.3 is 4.90 Å². The van der Waals surface area contributed by atoms with Gasteiger partial charge in [-0.15, -0.1) is 0 Å². The lowest BCUT2D eigenvalue weighted by Gasteiger charge is -2.11. The van der Waals surface area contributed by atoms with Crippen molar-refractivity contribution in [1.29, 1.82) is 0 Å². The predicted octanol–water partition coefficient (Wildman–Crippen LogP) is 0.445. The molecule has 15 heavy (non-hydrogen) atoms. The van der Waals surface area contributed by atoms with E-state index in [1.54, 1.807) is 0 Å². The van der Waals surface area contributed by atoms with E-state index in [2.05, 4.69) is 17.3 Å². The van der Waals surface area contributed by atoms with Crippen molar-refractivity contribution in [3.8, 4) is 0 Å². The van der Waals surface area contributed by atoms with Crippen molar-refractivity contribution >= 4 is 11.8 Å². The summed E-state index contributed by atoms with van der Waals surface area (Å²) in [5.74, 6) is -0.320. The van der Waals surface area contributed by atoms with Crippen LogP contribution in [0.3, 0.4) is 0 Å². The van der Waals surface area contributed by atoms with Crippen molar-refractivity contribution < 1.29 is 9.59 Å². The molecule has 0 aromatic rings. The number of rotatable bonds is 0. The lowest BCUT2D eigenvalue weighted by Crippen LogP contribution is -2.20. The summed E-state index contributed by atoms with van der Waals surface area (Å²) in [5.41, 5.74) is 1.91. The van der Waals surface area contributed by atoms with E-state index < -0.39 is 0 Å². The topological polar surface area (TPSA) is 49.4 Å². The van der Waals surface area contributed by atoms with Crippen LogP contribution in [0.1, 0.15) is 25.7 Å². The van der Waals surface area contributed by atoms with Gasteiger partial charge in [0, 0.05) is 12.1 Å². The molecular formula is C11H16N2O2. The fourth-order valence-electron chi connectivity index (χ4n) is 2.20. The van der Waals surface area contributed by atoms with Gasteiger partial charge >= 0.3 is 0 Å². The minimum atomic E-state index is -0.167. The third-order valence-corrected chi connectivity index (χ3v) is 3.10. The Morgan fingerprint density at radius 1 is 1.20 bits per heavy atom. The molecule has 0 bridgehead atoms. The number of likely N-dealkylation sites (tertiary alicyclic amines) is 1. The van der Waals surface area contributed by atoms with Gasteiger partial charge in [0.15, 0.2) is 0 Å². The van der Waals surface area contributed by atoms with Gasteiger partial charge in [0.2, 0.25) is 5.91 Å². The summed E-state index contributed by atoms with van der Waals surface area (Å²) in [6, 6.07) is 0. The molecule has 82 valence electrons. The molecule has 2 amide bonds. The Kier molecular flexibility index (Phi) is 2.86. The summed E-state index contributed by atoms with van der Waals surface area (Å²) >= 11 is 0. The van der Waals surface area contributed by atoms with Crippen LogP contribution in [0.25, 0.3) is 0 Å². The number of imide groups is 1. The molecule has 2 aliphatic rings. The summed E-state index contributed by atoms with van der Waals surface area (Å²) in [5, 5.41) is 2.35. The smallest absolute Gasteiger partial charge is 0.254 e. The van der Waals surface area contributed by atoms with E-state index in [0.717, 1.165) is 37.9 Å². The second kappa shape index (κ2) is 4.14. The minimum Gasteiger partial charge on any atom is -0.306 e. The fourth-order valence-corrected chi connectivity index (χ4v) is 2.20. The average molecular weight is 208 g/mol. The van der Waals surface area contributed by atoms with Crippen molar-refractivity contribution in [3.05, 3.63) is 11.1 Å². The lowest BCUT2D eigenvalue weighted by molar-refractivity contribution is -0.124. The molecule has 2 fully saturated rings. The number of amides is 2. The molecule has 1 N–H and O–H groups in total. The molecule has 4 nitrogen and oxygen atoms in total. The van der Waals surface area contributed by atoms with Crippen LogP contribution in [0.4, 0.5) is 0 Å². The second-order valence-corrected chi connectivity index (χ2v) is 4.29. The standard InChI is InChI=1S/C11H16N2O2/c1-13-5-2-3-8(4-6-13)9-7-10(14)12-11(9)15/h2-7H2,1H3,(H,12,14,15). The van der Waals surface area contributed by atoms with Crippen molar-refractivity contribution in [3.63, 3.8) is 0 Å². The molecule has 2 aliphatic heterocycles. The van der Waals surface area contributed by atoms with E-state index in [-0.39, 0.29) is 18.2 Å². The summed E-state index contributed by atoms with van der Waals surface area (Å²) in [7, 11) is 2.09. The van der Waals surface area contributed by atoms with Crippen molar-refractivity contribution in [1.82, 2.24) is 10.2 Å². The van der Waals surface area contributed by atoms with Crippen LogP contribution < -0.4 is 5.32 Å². The number of hydrogen-bond donors (Lipinski definition) is 1. The van der Waals surface area contributed by atoms with Gasteiger partial charge in [-0.3, -0.25) is 14.9 Å². The molecule has 2 rings (SSSR count). The highest BCUT2D eigenvalue weighted by Gasteiger charge is 2.27. The van der Waals surface area contributed by atoms with E-state index in [0.29, 0.717) is 0 Å². The Labute approximate surface area is 89.3 Å². The summed E-state index contributed by atoms with van der Waals surface area (Å²) < 4.78 is 0. The van der Waals surface area contributed by atoms with Gasteiger partial charge in [0.1, 0.15) is 0 Å². The molecule has 0 aromatic carbocycles. The van der Waals surface area contributed by atoms with Gasteiger partial charge in [-0.1, -0.05) is 5.57 Å². The van der Waals surface area contributed by atoms with Crippen molar-refractivity contribution in [2.45, 2.75) is 25.7 Å². The summed E-state index contributed by atoms with van der Waals surface area (Å²) in [6.07, 6.45) is 3.25. The first-order valence-corrected chi connectivity index (χ1v) is 5.40. The molecular weight excluding hydrogens is 192 g/mol. The van der Waals surface area contributed by atoms with E-state index in [1.165, 1.54) is 5.57 Å². The van der Waals surface area contributed by atoms with E-state index >= 15 is 0 Å². The summed E-state index contributed by atoms with van der Waals surface area (Å²) in [6.45, 7) is 2.06. The molecule has 2 heterocycles. The Morgan fingerprint density at radius 2 is 2.00 bits per heavy atom. The molecule has 0 spiro atoms. The molecule has 4 heteroatoms. The highest BCUT2D eigenvalue weighted by atomic mass is 16.2. The van der Waals surface area contributed by atoms with E-state index in [1.807, 2.05) is 0 Å². The number of nitrogens with one attached hydrogen (secondary N) is 1. The normalized spacial score (nSPS) is 29.1. The van der Waals surface area contributed by atoms with Crippen LogP contribution >= 0.6 is 0 Å². The van der Waals surface area contributed by atoms with Gasteiger partial charge in [-0.05, 0) is 32.9 Å². The van der Waals surface area contributed by atoms with Gasteiger partial charge in [-0.2, -0.15) is 0 Å². The first-order valence-electron chi connectivity index (χ1n) is 5.40. The molecule has 0 radical (unpaired) electrons. The van der Waals surface area contributed by atoms with Gasteiger partial charge in [-0.25, -0.2) is 0 Å². The van der Waals surface area contributed by atoms with Crippen LogP contribution in [0.2, 0.25) is 0 Å². The van der Waals surface area contributed by atoms with Crippen LogP contribution in [0.15, 0.2) is 11.1 Å². The quantitative estimate of drug-likeness (QED) is 0.464. The first-order chi connectivity index (χ1) is 7.16. The Morgan fingerprint density at radius 3 is 2.67 bits per heavy atom. The second-order valence-electron chi connectivity index (χ2n) is 4.29. The maximum atomic E-state index is 11.5. The monoisotopic (exact) mass is 208 g/mol. The lowest BCUT2D eigenvalue weighted by atomic mass is 10.00. The number of carbonyl (C=O) groups excluding carboxylic acids is 2. The maximum Gasteiger partial charge on any atom is 0.254 e. The third-order valence-electron chi connectivity index (χ3n) is 3.10. The summed E-state index contributed by atoms with van der Waals surface area (Å²) in [4.78, 5) is 24.8. The van der Waals surface area contributed by atoms with Crippen LogP contribution in [-0.4, -0.2) is 36.9 Å². The molecule has 0 aliphatic carbocycles. The largest absolute Gasteiger partial charge is 0.306 e. The third kappa shape index (κ3) is 2.26. The van der Waals surface area contributed by atoms with E-state index in [9.17, 15) is 9.59 Å². The van der Waals surface area contributed by atoms with Crippen molar-refractivity contribution in [2.75, 3.05) is 20.1 Å². The van der Waals surface area contributed by atoms with E-state index in [4.69, 9.17) is 0 Å². The number of carbonyl (C=O) groups is 2. The van der Waals surface area contributed by atoms with Crippen LogP contribution in [0, 0.1) is 0 Å². The van der Waals surface area contributed by atoms with Crippen LogP contribution in [0.5, 0.6) is 0 Å². The average Bonchev–Trinajstić information content (AvgIpc) is 2.39. The zero-order valence-electron chi connectivity index (χ0n) is 9.01. The van der Waals surface area contributed by atoms with Gasteiger partial charge in [0.25, 0.3) is 5.91 Å². The number of hydrogen-bond acceptors (Lipinski definition) is 3. The molecule has 0 unspecified atom stereocenters. The SMILES string of the molecule is CN1CCCC(=C2CC(=O)NC2=O)CC1.